The van der Waals surface area contributed by atoms with Gasteiger partial charge in [0.05, 0.1) is 20.4 Å². The van der Waals surface area contributed by atoms with E-state index in [0.717, 1.165) is 18.4 Å². The number of carbonyl (C=O) groups excluding carboxylic acids is 2. The van der Waals surface area contributed by atoms with E-state index in [9.17, 15) is 9.59 Å². The predicted octanol–water partition coefficient (Wildman–Crippen LogP) is 1.36. The number of amides is 2. The van der Waals surface area contributed by atoms with E-state index in [1.807, 2.05) is 6.92 Å². The third-order valence-corrected chi connectivity index (χ3v) is 4.75. The summed E-state index contributed by atoms with van der Waals surface area (Å²) in [6, 6.07) is 0. The van der Waals surface area contributed by atoms with Gasteiger partial charge >= 0.3 is 0 Å². The Kier molecular flexibility index (Phi) is 6.23. The van der Waals surface area contributed by atoms with Gasteiger partial charge in [0.2, 0.25) is 24.2 Å². The van der Waals surface area contributed by atoms with Crippen LogP contribution in [0.4, 0.5) is 0 Å². The zero-order valence-corrected chi connectivity index (χ0v) is 16.3. The molecule has 152 valence electrons. The largest absolute Gasteiger partial charge is 0.492 e. The molecule has 0 bridgehead atoms. The van der Waals surface area contributed by atoms with Crippen LogP contribution < -0.4 is 29.7 Å². The lowest BCUT2D eigenvalue weighted by atomic mass is 9.98. The van der Waals surface area contributed by atoms with Gasteiger partial charge in [-0.3, -0.25) is 9.59 Å². The molecule has 0 unspecified atom stereocenters. The average Bonchev–Trinajstić information content (AvgIpc) is 3.17. The number of hydrogen-bond acceptors (Lipinski definition) is 7. The first-order valence-electron chi connectivity index (χ1n) is 9.29. The quantitative estimate of drug-likeness (QED) is 0.413. The molecule has 0 radical (unpaired) electrons. The van der Waals surface area contributed by atoms with Gasteiger partial charge in [-0.25, -0.2) is 5.43 Å². The molecule has 1 saturated heterocycles. The minimum Gasteiger partial charge on any atom is -0.492 e. The standard InChI is InChI=1S/C19H25N3O6/c1-4-6-11-13(9-21-22-19(24)12-7-5-8-20-18(12)23)15(26-3)17-16(14(11)25-2)27-10-28-17/h9,12H,4-8,10H2,1-3H3,(H,20,23)(H,22,24)/b21-9-/t12-/m0/s1. The fourth-order valence-electron chi connectivity index (χ4n) is 3.45. The van der Waals surface area contributed by atoms with Crippen molar-refractivity contribution in [2.24, 2.45) is 11.0 Å². The molecule has 1 fully saturated rings. The fraction of sp³-hybridized carbons (Fsp3) is 0.526. The molecule has 2 N–H and O–H groups in total. The summed E-state index contributed by atoms with van der Waals surface area (Å²) in [6.45, 7) is 2.71. The van der Waals surface area contributed by atoms with Gasteiger partial charge in [0, 0.05) is 17.7 Å². The van der Waals surface area contributed by atoms with Crippen LogP contribution in [0.25, 0.3) is 0 Å². The Bertz CT molecular complexity index is 793. The normalized spacial score (nSPS) is 18.1. The Morgan fingerprint density at radius 3 is 2.64 bits per heavy atom. The molecule has 2 amide bonds. The topological polar surface area (TPSA) is 107 Å². The number of carbonyl (C=O) groups is 2. The maximum atomic E-state index is 12.3. The van der Waals surface area contributed by atoms with Crippen molar-refractivity contribution in [3.63, 3.8) is 0 Å². The Labute approximate surface area is 163 Å². The summed E-state index contributed by atoms with van der Waals surface area (Å²) < 4.78 is 22.2. The zero-order chi connectivity index (χ0) is 20.1. The van der Waals surface area contributed by atoms with Crippen LogP contribution in [0.15, 0.2) is 5.10 Å². The summed E-state index contributed by atoms with van der Waals surface area (Å²) in [7, 11) is 3.09. The first-order valence-corrected chi connectivity index (χ1v) is 9.29. The van der Waals surface area contributed by atoms with Crippen LogP contribution in [0, 0.1) is 5.92 Å². The minimum absolute atomic E-state index is 0.0712. The van der Waals surface area contributed by atoms with Crippen molar-refractivity contribution in [3.8, 4) is 23.0 Å². The molecule has 0 aliphatic carbocycles. The highest BCUT2D eigenvalue weighted by Crippen LogP contribution is 2.51. The molecule has 1 aromatic rings. The number of benzene rings is 1. The summed E-state index contributed by atoms with van der Waals surface area (Å²) in [5.74, 6) is 0.542. The SMILES string of the molecule is CCCc1c(/C=N\NC(=O)[C@H]2CCCNC2=O)c(OC)c2c(c1OC)OCO2. The monoisotopic (exact) mass is 391 g/mol. The van der Waals surface area contributed by atoms with Crippen LogP contribution in [0.2, 0.25) is 0 Å². The number of nitrogens with one attached hydrogen (secondary N) is 2. The third-order valence-electron chi connectivity index (χ3n) is 4.75. The molecule has 0 spiro atoms. The lowest BCUT2D eigenvalue weighted by Crippen LogP contribution is -2.43. The van der Waals surface area contributed by atoms with E-state index >= 15 is 0 Å². The number of methoxy groups -OCH3 is 2. The van der Waals surface area contributed by atoms with Gasteiger partial charge in [-0.2, -0.15) is 5.10 Å². The molecule has 2 aliphatic rings. The van der Waals surface area contributed by atoms with Gasteiger partial charge in [-0.15, -0.1) is 0 Å². The summed E-state index contributed by atoms with van der Waals surface area (Å²) in [5, 5.41) is 6.76. The highest BCUT2D eigenvalue weighted by molar-refractivity contribution is 6.01. The molecule has 1 atom stereocenters. The first kappa shape index (κ1) is 19.8. The van der Waals surface area contributed by atoms with Crippen molar-refractivity contribution < 1.29 is 28.5 Å². The van der Waals surface area contributed by atoms with Crippen LogP contribution in [0.5, 0.6) is 23.0 Å². The second-order valence-electron chi connectivity index (χ2n) is 6.49. The number of rotatable bonds is 7. The molecule has 9 nitrogen and oxygen atoms in total. The molecule has 1 aromatic carbocycles. The smallest absolute Gasteiger partial charge is 0.252 e. The van der Waals surface area contributed by atoms with Gasteiger partial charge < -0.3 is 24.3 Å². The van der Waals surface area contributed by atoms with Crippen LogP contribution in [-0.4, -0.2) is 45.6 Å². The lowest BCUT2D eigenvalue weighted by molar-refractivity contribution is -0.136. The molecule has 2 aliphatic heterocycles. The maximum absolute atomic E-state index is 12.3. The Hall–Kier alpha value is -2.97. The molecule has 9 heteroatoms. The van der Waals surface area contributed by atoms with Crippen LogP contribution in [0.3, 0.4) is 0 Å². The Morgan fingerprint density at radius 2 is 2.00 bits per heavy atom. The van der Waals surface area contributed by atoms with E-state index in [4.69, 9.17) is 18.9 Å². The van der Waals surface area contributed by atoms with Crippen molar-refractivity contribution in [1.82, 2.24) is 10.7 Å². The molecule has 28 heavy (non-hydrogen) atoms. The number of fused-ring (bicyclic) bond motifs is 1. The van der Waals surface area contributed by atoms with Gasteiger partial charge in [0.1, 0.15) is 5.92 Å². The number of hydrazone groups is 1. The van der Waals surface area contributed by atoms with Crippen LogP contribution >= 0.6 is 0 Å². The molecular formula is C19H25N3O6. The summed E-state index contributed by atoms with van der Waals surface area (Å²) in [6.07, 6.45) is 4.31. The Morgan fingerprint density at radius 1 is 1.29 bits per heavy atom. The average molecular weight is 391 g/mol. The van der Waals surface area contributed by atoms with E-state index in [-0.39, 0.29) is 12.7 Å². The van der Waals surface area contributed by atoms with E-state index in [1.165, 1.54) is 13.3 Å². The van der Waals surface area contributed by atoms with Gasteiger partial charge in [0.15, 0.2) is 11.5 Å². The second-order valence-corrected chi connectivity index (χ2v) is 6.49. The number of hydrogen-bond donors (Lipinski definition) is 2. The van der Waals surface area contributed by atoms with Crippen LogP contribution in [0.1, 0.15) is 37.3 Å². The third kappa shape index (κ3) is 3.69. The van der Waals surface area contributed by atoms with E-state index in [2.05, 4.69) is 15.8 Å². The zero-order valence-electron chi connectivity index (χ0n) is 16.3. The number of piperidine rings is 1. The molecule has 0 saturated carbocycles. The molecule has 3 rings (SSSR count). The van der Waals surface area contributed by atoms with Crippen molar-refractivity contribution in [2.45, 2.75) is 32.6 Å². The van der Waals surface area contributed by atoms with Gasteiger partial charge in [-0.1, -0.05) is 13.3 Å². The summed E-state index contributed by atoms with van der Waals surface area (Å²) >= 11 is 0. The van der Waals surface area contributed by atoms with Crippen molar-refractivity contribution >= 4 is 18.0 Å². The summed E-state index contributed by atoms with van der Waals surface area (Å²) in [4.78, 5) is 24.1. The van der Waals surface area contributed by atoms with Crippen LogP contribution in [-0.2, 0) is 16.0 Å². The number of nitrogens with zero attached hydrogens (tertiary/aromatic N) is 1. The predicted molar refractivity (Wildman–Crippen MR) is 101 cm³/mol. The Balaban J connectivity index is 1.90. The van der Waals surface area contributed by atoms with Gasteiger partial charge in [0.25, 0.3) is 5.91 Å². The highest BCUT2D eigenvalue weighted by atomic mass is 16.7. The van der Waals surface area contributed by atoms with E-state index < -0.39 is 11.8 Å². The molecule has 0 aromatic heterocycles. The van der Waals surface area contributed by atoms with Crippen molar-refractivity contribution in [2.75, 3.05) is 27.6 Å². The lowest BCUT2D eigenvalue weighted by Gasteiger charge is -2.20. The fourth-order valence-corrected chi connectivity index (χ4v) is 3.45. The molecular weight excluding hydrogens is 366 g/mol. The number of ether oxygens (including phenoxy) is 4. The maximum Gasteiger partial charge on any atom is 0.252 e. The second kappa shape index (κ2) is 8.81. The minimum atomic E-state index is -0.728. The highest BCUT2D eigenvalue weighted by Gasteiger charge is 2.31. The molecule has 2 heterocycles. The summed E-state index contributed by atoms with van der Waals surface area (Å²) in [5.41, 5.74) is 3.94. The first-order chi connectivity index (χ1) is 13.6. The van der Waals surface area contributed by atoms with Crippen molar-refractivity contribution in [1.29, 1.82) is 0 Å². The van der Waals surface area contributed by atoms with Gasteiger partial charge in [-0.05, 0) is 19.3 Å². The van der Waals surface area contributed by atoms with E-state index in [1.54, 1.807) is 7.11 Å². The van der Waals surface area contributed by atoms with Crippen molar-refractivity contribution in [3.05, 3.63) is 11.1 Å². The van der Waals surface area contributed by atoms with E-state index in [0.29, 0.717) is 47.9 Å².